The zero-order valence-electron chi connectivity index (χ0n) is 9.92. The second-order valence-corrected chi connectivity index (χ2v) is 4.10. The average Bonchev–Trinajstić information content (AvgIpc) is 2.22. The Balaban J connectivity index is 2.64. The molecule has 1 atom stereocenters. The SMILES string of the molecule is COCCCC(N)c1cc(C)ccc1C. The highest BCUT2D eigenvalue weighted by atomic mass is 16.5. The van der Waals surface area contributed by atoms with Crippen molar-refractivity contribution in [3.63, 3.8) is 0 Å². The molecule has 0 bridgehead atoms. The maximum absolute atomic E-state index is 6.15. The lowest BCUT2D eigenvalue weighted by atomic mass is 9.96. The van der Waals surface area contributed by atoms with Gasteiger partial charge in [0.05, 0.1) is 0 Å². The first-order valence-corrected chi connectivity index (χ1v) is 5.47. The van der Waals surface area contributed by atoms with E-state index in [-0.39, 0.29) is 6.04 Å². The lowest BCUT2D eigenvalue weighted by Gasteiger charge is -2.15. The van der Waals surface area contributed by atoms with Gasteiger partial charge in [0.1, 0.15) is 0 Å². The van der Waals surface area contributed by atoms with Crippen LogP contribution in [-0.4, -0.2) is 13.7 Å². The van der Waals surface area contributed by atoms with Gasteiger partial charge >= 0.3 is 0 Å². The Morgan fingerprint density at radius 1 is 1.33 bits per heavy atom. The minimum atomic E-state index is 0.139. The quantitative estimate of drug-likeness (QED) is 0.753. The van der Waals surface area contributed by atoms with Crippen LogP contribution in [-0.2, 0) is 4.74 Å². The minimum Gasteiger partial charge on any atom is -0.385 e. The van der Waals surface area contributed by atoms with Crippen LogP contribution < -0.4 is 5.73 Å². The molecule has 0 aliphatic carbocycles. The molecule has 1 unspecified atom stereocenters. The fourth-order valence-corrected chi connectivity index (χ4v) is 1.76. The summed E-state index contributed by atoms with van der Waals surface area (Å²) in [5, 5.41) is 0. The van der Waals surface area contributed by atoms with Gasteiger partial charge in [0.25, 0.3) is 0 Å². The first-order valence-electron chi connectivity index (χ1n) is 5.47. The van der Waals surface area contributed by atoms with E-state index in [1.807, 2.05) is 0 Å². The molecule has 1 aromatic rings. The lowest BCUT2D eigenvalue weighted by molar-refractivity contribution is 0.190. The van der Waals surface area contributed by atoms with E-state index in [9.17, 15) is 0 Å². The third-order valence-corrected chi connectivity index (χ3v) is 2.70. The molecule has 0 spiro atoms. The molecule has 84 valence electrons. The molecule has 0 aromatic heterocycles. The molecule has 1 aromatic carbocycles. The first kappa shape index (κ1) is 12.2. The average molecular weight is 207 g/mol. The lowest BCUT2D eigenvalue weighted by Crippen LogP contribution is -2.12. The fourth-order valence-electron chi connectivity index (χ4n) is 1.76. The van der Waals surface area contributed by atoms with Crippen molar-refractivity contribution in [3.8, 4) is 0 Å². The number of methoxy groups -OCH3 is 1. The Morgan fingerprint density at radius 2 is 2.07 bits per heavy atom. The highest BCUT2D eigenvalue weighted by molar-refractivity contribution is 5.32. The molecule has 15 heavy (non-hydrogen) atoms. The van der Waals surface area contributed by atoms with Crippen molar-refractivity contribution in [2.45, 2.75) is 32.7 Å². The van der Waals surface area contributed by atoms with Crippen LogP contribution in [0.1, 0.15) is 35.6 Å². The van der Waals surface area contributed by atoms with Crippen molar-refractivity contribution in [1.82, 2.24) is 0 Å². The Kier molecular flexibility index (Phi) is 4.79. The summed E-state index contributed by atoms with van der Waals surface area (Å²) < 4.78 is 5.03. The van der Waals surface area contributed by atoms with Crippen molar-refractivity contribution < 1.29 is 4.74 Å². The minimum absolute atomic E-state index is 0.139. The summed E-state index contributed by atoms with van der Waals surface area (Å²) in [6.45, 7) is 5.01. The van der Waals surface area contributed by atoms with E-state index in [4.69, 9.17) is 10.5 Å². The monoisotopic (exact) mass is 207 g/mol. The van der Waals surface area contributed by atoms with Gasteiger partial charge in [-0.15, -0.1) is 0 Å². The fraction of sp³-hybridized carbons (Fsp3) is 0.538. The first-order chi connectivity index (χ1) is 7.15. The van der Waals surface area contributed by atoms with Crippen molar-refractivity contribution in [2.75, 3.05) is 13.7 Å². The molecule has 2 heteroatoms. The highest BCUT2D eigenvalue weighted by Gasteiger charge is 2.08. The van der Waals surface area contributed by atoms with Gasteiger partial charge in [-0.25, -0.2) is 0 Å². The number of rotatable bonds is 5. The van der Waals surface area contributed by atoms with Crippen LogP contribution in [0, 0.1) is 13.8 Å². The number of hydrogen-bond acceptors (Lipinski definition) is 2. The Labute approximate surface area is 92.4 Å². The number of hydrogen-bond donors (Lipinski definition) is 1. The zero-order valence-corrected chi connectivity index (χ0v) is 9.92. The zero-order chi connectivity index (χ0) is 11.3. The molecule has 0 aliphatic heterocycles. The van der Waals surface area contributed by atoms with Gasteiger partial charge < -0.3 is 10.5 Å². The summed E-state index contributed by atoms with van der Waals surface area (Å²) in [5.74, 6) is 0. The van der Waals surface area contributed by atoms with E-state index in [0.717, 1.165) is 19.4 Å². The van der Waals surface area contributed by atoms with Gasteiger partial charge in [0.2, 0.25) is 0 Å². The molecular formula is C13H21NO. The van der Waals surface area contributed by atoms with Gasteiger partial charge in [-0.3, -0.25) is 0 Å². The maximum Gasteiger partial charge on any atom is 0.0462 e. The van der Waals surface area contributed by atoms with Crippen LogP contribution >= 0.6 is 0 Å². The largest absolute Gasteiger partial charge is 0.385 e. The third-order valence-electron chi connectivity index (χ3n) is 2.70. The van der Waals surface area contributed by atoms with Crippen LogP contribution in [0.3, 0.4) is 0 Å². The van der Waals surface area contributed by atoms with E-state index < -0.39 is 0 Å². The summed E-state index contributed by atoms with van der Waals surface area (Å²) in [6, 6.07) is 6.59. The second kappa shape index (κ2) is 5.89. The van der Waals surface area contributed by atoms with E-state index in [1.165, 1.54) is 16.7 Å². The summed E-state index contributed by atoms with van der Waals surface area (Å²) in [4.78, 5) is 0. The molecule has 0 fully saturated rings. The maximum atomic E-state index is 6.15. The summed E-state index contributed by atoms with van der Waals surface area (Å²) in [5.41, 5.74) is 9.98. The smallest absolute Gasteiger partial charge is 0.0462 e. The second-order valence-electron chi connectivity index (χ2n) is 4.10. The summed E-state index contributed by atoms with van der Waals surface area (Å²) in [6.07, 6.45) is 2.00. The molecule has 1 rings (SSSR count). The molecule has 2 N–H and O–H groups in total. The van der Waals surface area contributed by atoms with Crippen molar-refractivity contribution in [1.29, 1.82) is 0 Å². The normalized spacial score (nSPS) is 12.8. The van der Waals surface area contributed by atoms with Gasteiger partial charge in [0.15, 0.2) is 0 Å². The Morgan fingerprint density at radius 3 is 2.73 bits per heavy atom. The van der Waals surface area contributed by atoms with Crippen LogP contribution in [0.15, 0.2) is 18.2 Å². The molecule has 0 heterocycles. The van der Waals surface area contributed by atoms with Crippen LogP contribution in [0.2, 0.25) is 0 Å². The van der Waals surface area contributed by atoms with Crippen molar-refractivity contribution >= 4 is 0 Å². The van der Waals surface area contributed by atoms with Crippen molar-refractivity contribution in [3.05, 3.63) is 34.9 Å². The van der Waals surface area contributed by atoms with E-state index >= 15 is 0 Å². The van der Waals surface area contributed by atoms with E-state index in [1.54, 1.807) is 7.11 Å². The topological polar surface area (TPSA) is 35.2 Å². The van der Waals surface area contributed by atoms with Crippen LogP contribution in [0.4, 0.5) is 0 Å². The molecule has 0 amide bonds. The molecule has 0 radical (unpaired) electrons. The molecule has 2 nitrogen and oxygen atoms in total. The Bertz CT molecular complexity index is 309. The van der Waals surface area contributed by atoms with Gasteiger partial charge in [0, 0.05) is 19.8 Å². The number of ether oxygens (including phenoxy) is 1. The number of aryl methyl sites for hydroxylation is 2. The van der Waals surface area contributed by atoms with Crippen molar-refractivity contribution in [2.24, 2.45) is 5.73 Å². The number of benzene rings is 1. The molecule has 0 aliphatic rings. The molecule has 0 saturated carbocycles. The standard InChI is InChI=1S/C13H21NO/c1-10-6-7-11(2)12(9-10)13(14)5-4-8-15-3/h6-7,9,13H,4-5,8,14H2,1-3H3. The van der Waals surface area contributed by atoms with E-state index in [2.05, 4.69) is 32.0 Å². The van der Waals surface area contributed by atoms with Gasteiger partial charge in [-0.1, -0.05) is 23.8 Å². The summed E-state index contributed by atoms with van der Waals surface area (Å²) >= 11 is 0. The third kappa shape index (κ3) is 3.65. The van der Waals surface area contributed by atoms with Crippen LogP contribution in [0.5, 0.6) is 0 Å². The molecule has 0 saturated heterocycles. The summed E-state index contributed by atoms with van der Waals surface area (Å²) in [7, 11) is 1.73. The molecular weight excluding hydrogens is 186 g/mol. The van der Waals surface area contributed by atoms with Crippen LogP contribution in [0.25, 0.3) is 0 Å². The van der Waals surface area contributed by atoms with E-state index in [0.29, 0.717) is 0 Å². The highest BCUT2D eigenvalue weighted by Crippen LogP contribution is 2.20. The number of nitrogens with two attached hydrogens (primary N) is 1. The van der Waals surface area contributed by atoms with Gasteiger partial charge in [-0.2, -0.15) is 0 Å². The van der Waals surface area contributed by atoms with Gasteiger partial charge in [-0.05, 0) is 37.8 Å². The Hall–Kier alpha value is -0.860. The predicted octanol–water partition coefficient (Wildman–Crippen LogP) is 2.73. The predicted molar refractivity (Wildman–Crippen MR) is 64.0 cm³/mol.